The van der Waals surface area contributed by atoms with Gasteiger partial charge in [-0.1, -0.05) is 6.07 Å². The second-order valence-electron chi connectivity index (χ2n) is 5.47. The van der Waals surface area contributed by atoms with Gasteiger partial charge in [0.05, 0.1) is 16.3 Å². The summed E-state index contributed by atoms with van der Waals surface area (Å²) in [6.07, 6.45) is 1.97. The van der Waals surface area contributed by atoms with E-state index in [0.29, 0.717) is 17.3 Å². The molecule has 0 saturated carbocycles. The van der Waals surface area contributed by atoms with Gasteiger partial charge in [0.2, 0.25) is 10.0 Å². The lowest BCUT2D eigenvalue weighted by atomic mass is 10.1. The van der Waals surface area contributed by atoms with Crippen LogP contribution in [0.4, 0.5) is 0 Å². The van der Waals surface area contributed by atoms with Crippen molar-refractivity contribution in [3.63, 3.8) is 0 Å². The van der Waals surface area contributed by atoms with Crippen LogP contribution in [0.1, 0.15) is 12.0 Å². The van der Waals surface area contributed by atoms with Crippen LogP contribution in [0.5, 0.6) is 0 Å². The Kier molecular flexibility index (Phi) is 3.62. The summed E-state index contributed by atoms with van der Waals surface area (Å²) in [7, 11) is -3.72. The standard InChI is InChI=1S/C15H16N2O4S/c1-10-4-5-13(12-3-2-7-16-14(10)12)22(20,21)17-8-6-11(9-17)15(18)19/h2-5,7,11H,6,8-9H2,1H3,(H,18,19). The van der Waals surface area contributed by atoms with Crippen molar-refractivity contribution in [2.24, 2.45) is 5.92 Å². The zero-order valence-corrected chi connectivity index (χ0v) is 12.9. The fourth-order valence-corrected chi connectivity index (χ4v) is 4.48. The number of pyridine rings is 1. The summed E-state index contributed by atoms with van der Waals surface area (Å²) < 4.78 is 26.9. The molecule has 1 fully saturated rings. The molecule has 116 valence electrons. The summed E-state index contributed by atoms with van der Waals surface area (Å²) in [6.45, 7) is 2.13. The molecule has 0 aliphatic carbocycles. The van der Waals surface area contributed by atoms with Crippen molar-refractivity contribution in [1.82, 2.24) is 9.29 Å². The van der Waals surface area contributed by atoms with Gasteiger partial charge in [0.1, 0.15) is 0 Å². The fourth-order valence-electron chi connectivity index (χ4n) is 2.80. The molecule has 2 aromatic rings. The lowest BCUT2D eigenvalue weighted by Crippen LogP contribution is -2.30. The third-order valence-corrected chi connectivity index (χ3v) is 5.97. The third-order valence-electron chi connectivity index (χ3n) is 4.05. The van der Waals surface area contributed by atoms with E-state index < -0.39 is 21.9 Å². The number of fused-ring (bicyclic) bond motifs is 1. The Bertz CT molecular complexity index is 848. The summed E-state index contributed by atoms with van der Waals surface area (Å²) in [4.78, 5) is 15.5. The van der Waals surface area contributed by atoms with E-state index in [1.54, 1.807) is 30.5 Å². The van der Waals surface area contributed by atoms with Gasteiger partial charge < -0.3 is 5.11 Å². The van der Waals surface area contributed by atoms with Gasteiger partial charge in [0, 0.05) is 24.7 Å². The van der Waals surface area contributed by atoms with Crippen molar-refractivity contribution < 1.29 is 18.3 Å². The minimum absolute atomic E-state index is 0.0211. The first-order valence-corrected chi connectivity index (χ1v) is 8.42. The molecule has 7 heteroatoms. The normalized spacial score (nSPS) is 19.6. The highest BCUT2D eigenvalue weighted by atomic mass is 32.2. The minimum atomic E-state index is -3.72. The number of carboxylic acids is 1. The van der Waals surface area contributed by atoms with E-state index in [1.165, 1.54) is 4.31 Å². The van der Waals surface area contributed by atoms with Gasteiger partial charge in [0.25, 0.3) is 0 Å². The number of hydrogen-bond acceptors (Lipinski definition) is 4. The molecule has 1 unspecified atom stereocenters. The van der Waals surface area contributed by atoms with Crippen molar-refractivity contribution in [3.05, 3.63) is 36.0 Å². The lowest BCUT2D eigenvalue weighted by Gasteiger charge is -2.17. The van der Waals surface area contributed by atoms with Crippen LogP contribution in [0.15, 0.2) is 35.4 Å². The monoisotopic (exact) mass is 320 g/mol. The number of aromatic nitrogens is 1. The molecule has 0 spiro atoms. The minimum Gasteiger partial charge on any atom is -0.481 e. The van der Waals surface area contributed by atoms with Crippen LogP contribution in [0, 0.1) is 12.8 Å². The largest absolute Gasteiger partial charge is 0.481 e. The third kappa shape index (κ3) is 2.36. The molecule has 22 heavy (non-hydrogen) atoms. The number of carboxylic acid groups (broad SMARTS) is 1. The van der Waals surface area contributed by atoms with Gasteiger partial charge in [0.15, 0.2) is 0 Å². The van der Waals surface area contributed by atoms with Crippen LogP contribution in [-0.2, 0) is 14.8 Å². The second-order valence-corrected chi connectivity index (χ2v) is 7.37. The zero-order valence-electron chi connectivity index (χ0n) is 12.1. The second kappa shape index (κ2) is 5.33. The van der Waals surface area contributed by atoms with E-state index >= 15 is 0 Å². The summed E-state index contributed by atoms with van der Waals surface area (Å²) in [5.74, 6) is -1.59. The topological polar surface area (TPSA) is 87.6 Å². The highest BCUT2D eigenvalue weighted by Crippen LogP contribution is 2.30. The molecular weight excluding hydrogens is 304 g/mol. The Morgan fingerprint density at radius 2 is 2.14 bits per heavy atom. The van der Waals surface area contributed by atoms with Gasteiger partial charge >= 0.3 is 5.97 Å². The maximum absolute atomic E-state index is 12.8. The molecule has 1 aliphatic rings. The quantitative estimate of drug-likeness (QED) is 0.929. The van der Waals surface area contributed by atoms with E-state index in [0.717, 1.165) is 5.56 Å². The first kappa shape index (κ1) is 14.9. The Morgan fingerprint density at radius 3 is 2.82 bits per heavy atom. The number of sulfonamides is 1. The van der Waals surface area contributed by atoms with Gasteiger partial charge in [-0.25, -0.2) is 8.42 Å². The number of benzene rings is 1. The van der Waals surface area contributed by atoms with Crippen LogP contribution in [0.25, 0.3) is 10.9 Å². The SMILES string of the molecule is Cc1ccc(S(=O)(=O)N2CCC(C(=O)O)C2)c2cccnc12. The molecule has 1 aliphatic heterocycles. The molecule has 1 aromatic carbocycles. The summed E-state index contributed by atoms with van der Waals surface area (Å²) in [5.41, 5.74) is 1.55. The van der Waals surface area contributed by atoms with E-state index in [2.05, 4.69) is 4.98 Å². The maximum Gasteiger partial charge on any atom is 0.307 e. The predicted molar refractivity (Wildman–Crippen MR) is 81.0 cm³/mol. The number of nitrogens with zero attached hydrogens (tertiary/aromatic N) is 2. The van der Waals surface area contributed by atoms with Crippen molar-refractivity contribution in [2.75, 3.05) is 13.1 Å². The first-order chi connectivity index (χ1) is 10.4. The highest BCUT2D eigenvalue weighted by molar-refractivity contribution is 7.89. The van der Waals surface area contributed by atoms with E-state index in [9.17, 15) is 13.2 Å². The smallest absolute Gasteiger partial charge is 0.307 e. The van der Waals surface area contributed by atoms with Crippen LogP contribution in [-0.4, -0.2) is 41.9 Å². The Hall–Kier alpha value is -1.99. The van der Waals surface area contributed by atoms with Crippen molar-refractivity contribution in [2.45, 2.75) is 18.2 Å². The number of aryl methyl sites for hydroxylation is 1. The van der Waals surface area contributed by atoms with E-state index in [-0.39, 0.29) is 18.0 Å². The van der Waals surface area contributed by atoms with Gasteiger partial charge in [-0.2, -0.15) is 4.31 Å². The Balaban J connectivity index is 2.07. The summed E-state index contributed by atoms with van der Waals surface area (Å²) in [6, 6.07) is 6.73. The zero-order chi connectivity index (χ0) is 15.9. The average molecular weight is 320 g/mol. The van der Waals surface area contributed by atoms with Gasteiger partial charge in [-0.15, -0.1) is 0 Å². The highest BCUT2D eigenvalue weighted by Gasteiger charge is 2.36. The van der Waals surface area contributed by atoms with Crippen LogP contribution >= 0.6 is 0 Å². The Morgan fingerprint density at radius 1 is 1.36 bits per heavy atom. The van der Waals surface area contributed by atoms with E-state index in [1.807, 2.05) is 6.92 Å². The fraction of sp³-hybridized carbons (Fsp3) is 0.333. The van der Waals surface area contributed by atoms with Gasteiger partial charge in [-0.3, -0.25) is 9.78 Å². The molecule has 2 heterocycles. The van der Waals surface area contributed by atoms with E-state index in [4.69, 9.17) is 5.11 Å². The Labute approximate surface area is 128 Å². The maximum atomic E-state index is 12.8. The molecule has 3 rings (SSSR count). The first-order valence-electron chi connectivity index (χ1n) is 6.98. The molecule has 6 nitrogen and oxygen atoms in total. The molecule has 1 atom stereocenters. The van der Waals surface area contributed by atoms with Crippen LogP contribution in [0.2, 0.25) is 0 Å². The van der Waals surface area contributed by atoms with Gasteiger partial charge in [-0.05, 0) is 37.1 Å². The number of carbonyl (C=O) groups is 1. The molecule has 0 radical (unpaired) electrons. The number of hydrogen-bond donors (Lipinski definition) is 1. The predicted octanol–water partition coefficient (Wildman–Crippen LogP) is 1.64. The average Bonchev–Trinajstić information content (AvgIpc) is 2.98. The lowest BCUT2D eigenvalue weighted by molar-refractivity contribution is -0.141. The molecule has 1 aromatic heterocycles. The van der Waals surface area contributed by atoms with Crippen molar-refractivity contribution in [1.29, 1.82) is 0 Å². The van der Waals surface area contributed by atoms with Crippen molar-refractivity contribution in [3.8, 4) is 0 Å². The molecular formula is C15H16N2O4S. The van der Waals surface area contributed by atoms with Crippen LogP contribution < -0.4 is 0 Å². The molecule has 1 saturated heterocycles. The summed E-state index contributed by atoms with van der Waals surface area (Å²) in [5, 5.41) is 9.61. The molecule has 1 N–H and O–H groups in total. The van der Waals surface area contributed by atoms with Crippen LogP contribution in [0.3, 0.4) is 0 Å². The molecule has 0 amide bonds. The number of aliphatic carboxylic acids is 1. The molecule has 0 bridgehead atoms. The summed E-state index contributed by atoms with van der Waals surface area (Å²) >= 11 is 0. The number of rotatable bonds is 3. The van der Waals surface area contributed by atoms with Crippen molar-refractivity contribution >= 4 is 26.9 Å².